The lowest BCUT2D eigenvalue weighted by Crippen LogP contribution is -2.34. The second kappa shape index (κ2) is 7.85. The second-order valence-corrected chi connectivity index (χ2v) is 9.83. The lowest BCUT2D eigenvalue weighted by Gasteiger charge is -2.23. The van der Waals surface area contributed by atoms with Crippen LogP contribution in [-0.4, -0.2) is 42.5 Å². The van der Waals surface area contributed by atoms with E-state index in [1.807, 2.05) is 29.2 Å². The van der Waals surface area contributed by atoms with E-state index in [1.165, 1.54) is 0 Å². The Balaban J connectivity index is 1.41. The van der Waals surface area contributed by atoms with Gasteiger partial charge < -0.3 is 9.42 Å². The van der Waals surface area contributed by atoms with E-state index in [0.717, 1.165) is 28.1 Å². The maximum Gasteiger partial charge on any atom is 0.245 e. The first-order valence-corrected chi connectivity index (χ1v) is 11.7. The molecular formula is C19H22N4O4S2. The van der Waals surface area contributed by atoms with Crippen LogP contribution in [0.4, 0.5) is 0 Å². The average Bonchev–Trinajstić information content (AvgIpc) is 3.38. The molecule has 1 unspecified atom stereocenters. The van der Waals surface area contributed by atoms with Crippen LogP contribution in [0, 0.1) is 13.8 Å². The molecule has 10 heteroatoms. The summed E-state index contributed by atoms with van der Waals surface area (Å²) >= 11 is 1.61. The molecule has 1 aliphatic rings. The molecule has 1 saturated heterocycles. The highest BCUT2D eigenvalue weighted by atomic mass is 32.2. The average molecular weight is 435 g/mol. The summed E-state index contributed by atoms with van der Waals surface area (Å²) < 4.78 is 33.5. The lowest BCUT2D eigenvalue weighted by atomic mass is 10.2. The summed E-state index contributed by atoms with van der Waals surface area (Å²) in [6.45, 7) is 3.81. The fraction of sp³-hybridized carbons (Fsp3) is 0.421. The minimum absolute atomic E-state index is 0.0221. The Labute approximate surface area is 173 Å². The van der Waals surface area contributed by atoms with Crippen molar-refractivity contribution in [3.05, 3.63) is 40.7 Å². The van der Waals surface area contributed by atoms with Gasteiger partial charge in [-0.25, -0.2) is 18.1 Å². The summed E-state index contributed by atoms with van der Waals surface area (Å²) in [5, 5.41) is 4.61. The van der Waals surface area contributed by atoms with E-state index in [0.29, 0.717) is 12.2 Å². The summed E-state index contributed by atoms with van der Waals surface area (Å²) in [5.74, 6) is 0.157. The van der Waals surface area contributed by atoms with E-state index in [-0.39, 0.29) is 35.6 Å². The minimum Gasteiger partial charge on any atom is -0.360 e. The van der Waals surface area contributed by atoms with Gasteiger partial charge in [-0.2, -0.15) is 0 Å². The summed E-state index contributed by atoms with van der Waals surface area (Å²) in [6.07, 6.45) is 1.87. The number of fused-ring (bicyclic) bond motifs is 1. The van der Waals surface area contributed by atoms with Gasteiger partial charge in [-0.1, -0.05) is 17.3 Å². The van der Waals surface area contributed by atoms with E-state index < -0.39 is 10.0 Å². The standard InChI is InChI=1S/C19H22N4O4S2/c1-12-18(13(2)27-22-12)29(25,26)20-10-9-17(24)23-11-5-7-15(23)19-21-14-6-3-4-8-16(14)28-19/h3-4,6,8,15,20H,5,7,9-11H2,1-2H3. The first-order chi connectivity index (χ1) is 13.9. The molecule has 1 N–H and O–H groups in total. The third kappa shape index (κ3) is 3.92. The van der Waals surface area contributed by atoms with Crippen LogP contribution in [0.25, 0.3) is 10.2 Å². The van der Waals surface area contributed by atoms with Crippen LogP contribution >= 0.6 is 11.3 Å². The number of sulfonamides is 1. The monoisotopic (exact) mass is 434 g/mol. The number of hydrogen-bond donors (Lipinski definition) is 1. The molecule has 0 bridgehead atoms. The Morgan fingerprint density at radius 3 is 2.86 bits per heavy atom. The molecule has 0 saturated carbocycles. The van der Waals surface area contributed by atoms with Gasteiger partial charge in [-0.15, -0.1) is 11.3 Å². The molecule has 0 aliphatic carbocycles. The SMILES string of the molecule is Cc1noc(C)c1S(=O)(=O)NCCC(=O)N1CCCC1c1nc2ccccc2s1. The van der Waals surface area contributed by atoms with Crippen molar-refractivity contribution in [2.75, 3.05) is 13.1 Å². The fourth-order valence-corrected chi connectivity index (χ4v) is 6.19. The number of benzene rings is 1. The van der Waals surface area contributed by atoms with Gasteiger partial charge in [0.1, 0.15) is 15.6 Å². The molecule has 4 rings (SSSR count). The van der Waals surface area contributed by atoms with Crippen LogP contribution in [0.2, 0.25) is 0 Å². The highest BCUT2D eigenvalue weighted by Crippen LogP contribution is 2.36. The van der Waals surface area contributed by atoms with Gasteiger partial charge in [-0.05, 0) is 38.8 Å². The molecule has 1 amide bonds. The summed E-state index contributed by atoms with van der Waals surface area (Å²) in [5.41, 5.74) is 1.25. The number of nitrogens with one attached hydrogen (secondary N) is 1. The molecule has 1 fully saturated rings. The van der Waals surface area contributed by atoms with Gasteiger partial charge in [-0.3, -0.25) is 4.79 Å². The molecule has 8 nitrogen and oxygen atoms in total. The number of para-hydroxylation sites is 1. The molecule has 29 heavy (non-hydrogen) atoms. The van der Waals surface area contributed by atoms with Crippen molar-refractivity contribution in [3.63, 3.8) is 0 Å². The number of amides is 1. The van der Waals surface area contributed by atoms with Crippen molar-refractivity contribution < 1.29 is 17.7 Å². The Hall–Kier alpha value is -2.30. The van der Waals surface area contributed by atoms with Crippen LogP contribution in [0.3, 0.4) is 0 Å². The second-order valence-electron chi connectivity index (χ2n) is 7.07. The number of carbonyl (C=O) groups excluding carboxylic acids is 1. The Kier molecular flexibility index (Phi) is 5.41. The van der Waals surface area contributed by atoms with Gasteiger partial charge in [0, 0.05) is 19.5 Å². The number of likely N-dealkylation sites (tertiary alicyclic amines) is 1. The van der Waals surface area contributed by atoms with Crippen molar-refractivity contribution in [1.82, 2.24) is 19.8 Å². The van der Waals surface area contributed by atoms with E-state index in [9.17, 15) is 13.2 Å². The largest absolute Gasteiger partial charge is 0.360 e. The highest BCUT2D eigenvalue weighted by molar-refractivity contribution is 7.89. The molecular weight excluding hydrogens is 412 g/mol. The quantitative estimate of drug-likeness (QED) is 0.639. The summed E-state index contributed by atoms with van der Waals surface area (Å²) in [7, 11) is -3.77. The predicted octanol–water partition coefficient (Wildman–Crippen LogP) is 2.93. The molecule has 154 valence electrons. The van der Waals surface area contributed by atoms with E-state index in [2.05, 4.69) is 9.88 Å². The van der Waals surface area contributed by atoms with Gasteiger partial charge in [0.2, 0.25) is 15.9 Å². The molecule has 2 aromatic heterocycles. The van der Waals surface area contributed by atoms with Crippen molar-refractivity contribution in [2.24, 2.45) is 0 Å². The molecule has 3 aromatic rings. The third-order valence-electron chi connectivity index (χ3n) is 5.04. The van der Waals surface area contributed by atoms with Crippen LogP contribution in [0.5, 0.6) is 0 Å². The topological polar surface area (TPSA) is 105 Å². The predicted molar refractivity (Wildman–Crippen MR) is 109 cm³/mol. The highest BCUT2D eigenvalue weighted by Gasteiger charge is 2.32. The van der Waals surface area contributed by atoms with Gasteiger partial charge in [0.25, 0.3) is 0 Å². The van der Waals surface area contributed by atoms with E-state index >= 15 is 0 Å². The maximum atomic E-state index is 12.8. The van der Waals surface area contributed by atoms with Crippen molar-refractivity contribution >= 4 is 37.5 Å². The normalized spacial score (nSPS) is 17.3. The summed E-state index contributed by atoms with van der Waals surface area (Å²) in [4.78, 5) is 19.3. The maximum absolute atomic E-state index is 12.8. The molecule has 1 aromatic carbocycles. The number of aryl methyl sites for hydroxylation is 2. The zero-order chi connectivity index (χ0) is 20.6. The third-order valence-corrected chi connectivity index (χ3v) is 7.88. The van der Waals surface area contributed by atoms with E-state index in [4.69, 9.17) is 9.51 Å². The lowest BCUT2D eigenvalue weighted by molar-refractivity contribution is -0.131. The fourth-order valence-electron chi connectivity index (χ4n) is 3.72. The van der Waals surface area contributed by atoms with Gasteiger partial charge in [0.15, 0.2) is 5.76 Å². The number of carbonyl (C=O) groups is 1. The van der Waals surface area contributed by atoms with E-state index in [1.54, 1.807) is 25.2 Å². The Morgan fingerprint density at radius 2 is 2.14 bits per heavy atom. The number of rotatable bonds is 6. The van der Waals surface area contributed by atoms with Gasteiger partial charge in [0.05, 0.1) is 16.3 Å². The van der Waals surface area contributed by atoms with Crippen molar-refractivity contribution in [1.29, 1.82) is 0 Å². The zero-order valence-electron chi connectivity index (χ0n) is 16.2. The number of thiazole rings is 1. The molecule has 1 aliphatic heterocycles. The number of aromatic nitrogens is 2. The summed E-state index contributed by atoms with van der Waals surface area (Å²) in [6, 6.07) is 7.89. The molecule has 3 heterocycles. The molecule has 1 atom stereocenters. The first-order valence-electron chi connectivity index (χ1n) is 9.44. The smallest absolute Gasteiger partial charge is 0.245 e. The Bertz CT molecular complexity index is 1100. The molecule has 0 radical (unpaired) electrons. The first kappa shape index (κ1) is 20.0. The Morgan fingerprint density at radius 1 is 1.34 bits per heavy atom. The van der Waals surface area contributed by atoms with Crippen LogP contribution in [0.1, 0.15) is 41.8 Å². The van der Waals surface area contributed by atoms with Crippen LogP contribution in [0.15, 0.2) is 33.7 Å². The van der Waals surface area contributed by atoms with Crippen molar-refractivity contribution in [3.8, 4) is 0 Å². The zero-order valence-corrected chi connectivity index (χ0v) is 17.8. The minimum atomic E-state index is -3.77. The van der Waals surface area contributed by atoms with Crippen LogP contribution < -0.4 is 4.72 Å². The number of hydrogen-bond acceptors (Lipinski definition) is 7. The van der Waals surface area contributed by atoms with Crippen molar-refractivity contribution in [2.45, 2.75) is 44.0 Å². The van der Waals surface area contributed by atoms with Gasteiger partial charge >= 0.3 is 0 Å². The van der Waals surface area contributed by atoms with Crippen LogP contribution in [-0.2, 0) is 14.8 Å². The number of nitrogens with zero attached hydrogens (tertiary/aromatic N) is 3. The molecule has 0 spiro atoms.